The Balaban J connectivity index is 1.72. The number of aromatic amines is 1. The summed E-state index contributed by atoms with van der Waals surface area (Å²) in [5.74, 6) is -0.502. The molecule has 22 heavy (non-hydrogen) atoms. The molecule has 1 unspecified atom stereocenters. The van der Waals surface area contributed by atoms with Gasteiger partial charge < -0.3 is 10.2 Å². The molecule has 8 heteroatoms. The summed E-state index contributed by atoms with van der Waals surface area (Å²) in [4.78, 5) is 26.0. The van der Waals surface area contributed by atoms with Crippen LogP contribution in [0.15, 0.2) is 30.6 Å². The number of hydrogen-bond acceptors (Lipinski definition) is 3. The fraction of sp³-hybridized carbons (Fsp3) is 0.214. The lowest BCUT2D eigenvalue weighted by atomic mass is 10.2. The monoisotopic (exact) mass is 338 g/mol. The number of carbonyl (C=O) groups is 2. The van der Waals surface area contributed by atoms with Crippen LogP contribution >= 0.6 is 23.2 Å². The fourth-order valence-corrected chi connectivity index (χ4v) is 2.63. The first kappa shape index (κ1) is 14.9. The average molecular weight is 339 g/mol. The Kier molecular flexibility index (Phi) is 4.04. The number of amides is 2. The van der Waals surface area contributed by atoms with E-state index < -0.39 is 6.04 Å². The molecule has 0 spiro atoms. The quantitative estimate of drug-likeness (QED) is 0.900. The van der Waals surface area contributed by atoms with Crippen LogP contribution in [0.2, 0.25) is 10.0 Å². The highest BCUT2D eigenvalue weighted by molar-refractivity contribution is 6.42. The van der Waals surface area contributed by atoms with E-state index in [1.807, 2.05) is 0 Å². The standard InChI is InChI=1S/C14H12Cl2N4O2/c15-10-2-1-9(5-11(10)16)20-4-3-12(14(20)22)19-13(21)8-6-17-18-7-8/h1-2,5-7,12H,3-4H2,(H,17,18)(H,19,21). The molecule has 1 fully saturated rings. The highest BCUT2D eigenvalue weighted by Crippen LogP contribution is 2.29. The van der Waals surface area contributed by atoms with Crippen molar-refractivity contribution in [3.8, 4) is 0 Å². The van der Waals surface area contributed by atoms with Gasteiger partial charge in [0.15, 0.2) is 0 Å². The summed E-state index contributed by atoms with van der Waals surface area (Å²) in [6.45, 7) is 0.507. The van der Waals surface area contributed by atoms with Crippen molar-refractivity contribution in [1.82, 2.24) is 15.5 Å². The van der Waals surface area contributed by atoms with Crippen LogP contribution in [0, 0.1) is 0 Å². The molecule has 1 aliphatic heterocycles. The highest BCUT2D eigenvalue weighted by Gasteiger charge is 2.34. The molecule has 0 saturated carbocycles. The van der Waals surface area contributed by atoms with Crippen molar-refractivity contribution < 1.29 is 9.59 Å². The Morgan fingerprint density at radius 2 is 2.18 bits per heavy atom. The number of rotatable bonds is 3. The van der Waals surface area contributed by atoms with Gasteiger partial charge in [0.2, 0.25) is 5.91 Å². The molecule has 1 aliphatic rings. The van der Waals surface area contributed by atoms with E-state index in [9.17, 15) is 9.59 Å². The maximum atomic E-state index is 12.4. The Labute approximate surface area is 136 Å². The second kappa shape index (κ2) is 5.98. The molecule has 1 atom stereocenters. The molecule has 3 rings (SSSR count). The van der Waals surface area contributed by atoms with Gasteiger partial charge in [-0.25, -0.2) is 0 Å². The van der Waals surface area contributed by atoms with E-state index in [0.29, 0.717) is 34.3 Å². The summed E-state index contributed by atoms with van der Waals surface area (Å²) < 4.78 is 0. The number of nitrogens with zero attached hydrogens (tertiary/aromatic N) is 2. The summed E-state index contributed by atoms with van der Waals surface area (Å²) in [5.41, 5.74) is 1.06. The maximum absolute atomic E-state index is 12.4. The molecule has 2 heterocycles. The third-order valence-corrected chi connectivity index (χ3v) is 4.23. The van der Waals surface area contributed by atoms with Crippen molar-refractivity contribution in [1.29, 1.82) is 0 Å². The molecule has 0 radical (unpaired) electrons. The van der Waals surface area contributed by atoms with E-state index in [2.05, 4.69) is 15.5 Å². The molecule has 0 aliphatic carbocycles. The minimum absolute atomic E-state index is 0.171. The van der Waals surface area contributed by atoms with Gasteiger partial charge in [-0.05, 0) is 24.6 Å². The number of carbonyl (C=O) groups excluding carboxylic acids is 2. The predicted molar refractivity (Wildman–Crippen MR) is 83.3 cm³/mol. The normalized spacial score (nSPS) is 17.8. The third-order valence-electron chi connectivity index (χ3n) is 3.49. The van der Waals surface area contributed by atoms with E-state index in [-0.39, 0.29) is 11.8 Å². The van der Waals surface area contributed by atoms with Crippen LogP contribution < -0.4 is 10.2 Å². The summed E-state index contributed by atoms with van der Waals surface area (Å²) in [7, 11) is 0. The zero-order valence-corrected chi connectivity index (χ0v) is 12.9. The van der Waals surface area contributed by atoms with E-state index in [1.54, 1.807) is 23.1 Å². The Hall–Kier alpha value is -2.05. The van der Waals surface area contributed by atoms with Crippen LogP contribution in [0.25, 0.3) is 0 Å². The van der Waals surface area contributed by atoms with Crippen molar-refractivity contribution >= 4 is 40.7 Å². The number of aromatic nitrogens is 2. The van der Waals surface area contributed by atoms with Crippen molar-refractivity contribution in [2.24, 2.45) is 0 Å². The molecule has 6 nitrogen and oxygen atoms in total. The van der Waals surface area contributed by atoms with E-state index >= 15 is 0 Å². The zero-order chi connectivity index (χ0) is 15.7. The largest absolute Gasteiger partial charge is 0.340 e. The van der Waals surface area contributed by atoms with Crippen LogP contribution in [0.3, 0.4) is 0 Å². The van der Waals surface area contributed by atoms with E-state index in [0.717, 1.165) is 0 Å². The van der Waals surface area contributed by atoms with Crippen LogP contribution in [-0.4, -0.2) is 34.6 Å². The van der Waals surface area contributed by atoms with Crippen molar-refractivity contribution in [3.63, 3.8) is 0 Å². The van der Waals surface area contributed by atoms with Gasteiger partial charge in [-0.1, -0.05) is 23.2 Å². The number of hydrogen-bond donors (Lipinski definition) is 2. The first-order chi connectivity index (χ1) is 10.6. The van der Waals surface area contributed by atoms with Crippen molar-refractivity contribution in [2.75, 3.05) is 11.4 Å². The third kappa shape index (κ3) is 2.80. The molecular formula is C14H12Cl2N4O2. The van der Waals surface area contributed by atoms with Crippen LogP contribution in [0.1, 0.15) is 16.8 Å². The number of anilines is 1. The summed E-state index contributed by atoms with van der Waals surface area (Å²) in [6, 6.07) is 4.45. The predicted octanol–water partition coefficient (Wildman–Crippen LogP) is 2.25. The number of nitrogens with one attached hydrogen (secondary N) is 2. The number of halogens is 2. The van der Waals surface area contributed by atoms with Gasteiger partial charge in [-0.3, -0.25) is 14.7 Å². The number of H-pyrrole nitrogens is 1. The van der Waals surface area contributed by atoms with E-state index in [4.69, 9.17) is 23.2 Å². The molecule has 1 saturated heterocycles. The van der Waals surface area contributed by atoms with Crippen LogP contribution in [0.5, 0.6) is 0 Å². The van der Waals surface area contributed by atoms with Gasteiger partial charge in [0.1, 0.15) is 6.04 Å². The van der Waals surface area contributed by atoms with Gasteiger partial charge in [0, 0.05) is 18.4 Å². The van der Waals surface area contributed by atoms with Crippen molar-refractivity contribution in [2.45, 2.75) is 12.5 Å². The second-order valence-electron chi connectivity index (χ2n) is 4.89. The van der Waals surface area contributed by atoms with Gasteiger partial charge in [0.05, 0.1) is 21.8 Å². The lowest BCUT2D eigenvalue weighted by Gasteiger charge is -2.17. The Morgan fingerprint density at radius 1 is 1.36 bits per heavy atom. The van der Waals surface area contributed by atoms with Gasteiger partial charge in [0.25, 0.3) is 5.91 Å². The molecule has 114 valence electrons. The molecule has 1 aromatic carbocycles. The van der Waals surface area contributed by atoms with Crippen LogP contribution in [0.4, 0.5) is 5.69 Å². The summed E-state index contributed by atoms with van der Waals surface area (Å²) in [5, 5.41) is 9.80. The van der Waals surface area contributed by atoms with Gasteiger partial charge in [-0.15, -0.1) is 0 Å². The second-order valence-corrected chi connectivity index (χ2v) is 5.70. The Morgan fingerprint density at radius 3 is 2.86 bits per heavy atom. The molecule has 2 N–H and O–H groups in total. The topological polar surface area (TPSA) is 78.1 Å². The molecule has 1 aromatic heterocycles. The van der Waals surface area contributed by atoms with Crippen LogP contribution in [-0.2, 0) is 4.79 Å². The molecule has 2 aromatic rings. The zero-order valence-electron chi connectivity index (χ0n) is 11.3. The molecular weight excluding hydrogens is 327 g/mol. The minimum Gasteiger partial charge on any atom is -0.340 e. The maximum Gasteiger partial charge on any atom is 0.255 e. The Bertz CT molecular complexity index is 718. The first-order valence-electron chi connectivity index (χ1n) is 6.62. The summed E-state index contributed by atoms with van der Waals surface area (Å²) in [6.07, 6.45) is 3.42. The van der Waals surface area contributed by atoms with E-state index in [1.165, 1.54) is 12.4 Å². The molecule has 2 amide bonds. The van der Waals surface area contributed by atoms with Gasteiger partial charge in [-0.2, -0.15) is 5.10 Å². The summed E-state index contributed by atoms with van der Waals surface area (Å²) >= 11 is 11.9. The average Bonchev–Trinajstić information content (AvgIpc) is 3.13. The SMILES string of the molecule is O=C(NC1CCN(c2ccc(Cl)c(Cl)c2)C1=O)c1cn[nH]c1. The molecule has 0 bridgehead atoms. The number of benzene rings is 1. The lowest BCUT2D eigenvalue weighted by molar-refractivity contribution is -0.118. The van der Waals surface area contributed by atoms with Crippen molar-refractivity contribution in [3.05, 3.63) is 46.2 Å². The smallest absolute Gasteiger partial charge is 0.255 e. The minimum atomic E-state index is -0.558. The lowest BCUT2D eigenvalue weighted by Crippen LogP contribution is -2.41. The first-order valence-corrected chi connectivity index (χ1v) is 7.38. The van der Waals surface area contributed by atoms with Gasteiger partial charge >= 0.3 is 0 Å². The highest BCUT2D eigenvalue weighted by atomic mass is 35.5. The fourth-order valence-electron chi connectivity index (χ4n) is 2.34.